The van der Waals surface area contributed by atoms with E-state index in [0.717, 1.165) is 43.4 Å². The van der Waals surface area contributed by atoms with Crippen LogP contribution in [0.2, 0.25) is 0 Å². The number of fused-ring (bicyclic) bond motifs is 7. The first-order chi connectivity index (χ1) is 18.3. The number of pyridine rings is 3. The summed E-state index contributed by atoms with van der Waals surface area (Å²) >= 11 is 1.76. The van der Waals surface area contributed by atoms with E-state index in [2.05, 4.69) is 108 Å². The molecule has 0 aliphatic heterocycles. The number of thiophene rings is 1. The molecule has 3 nitrogen and oxygen atoms in total. The summed E-state index contributed by atoms with van der Waals surface area (Å²) in [6.07, 6.45) is 1.83. The highest BCUT2D eigenvalue weighted by molar-refractivity contribution is 7.25. The third-order valence-electron chi connectivity index (χ3n) is 7.12. The van der Waals surface area contributed by atoms with Gasteiger partial charge in [0.15, 0.2) is 0 Å². The van der Waals surface area contributed by atoms with E-state index in [1.54, 1.807) is 11.3 Å². The summed E-state index contributed by atoms with van der Waals surface area (Å²) in [5.41, 5.74) is 7.36. The van der Waals surface area contributed by atoms with Gasteiger partial charge in [-0.3, -0.25) is 4.98 Å². The molecule has 0 atom stereocenters. The van der Waals surface area contributed by atoms with Gasteiger partial charge in [-0.25, -0.2) is 9.97 Å². The van der Waals surface area contributed by atoms with Gasteiger partial charge in [0.1, 0.15) is 4.83 Å². The molecule has 0 N–H and O–H groups in total. The van der Waals surface area contributed by atoms with Gasteiger partial charge in [-0.05, 0) is 29.8 Å². The summed E-state index contributed by atoms with van der Waals surface area (Å²) in [5.74, 6) is 0. The number of para-hydroxylation sites is 1. The second kappa shape index (κ2) is 7.92. The lowest BCUT2D eigenvalue weighted by Gasteiger charge is -2.11. The molecule has 0 unspecified atom stereocenters. The highest BCUT2D eigenvalue weighted by atomic mass is 32.1. The summed E-state index contributed by atoms with van der Waals surface area (Å²) in [5, 5.41) is 5.87. The predicted octanol–water partition coefficient (Wildman–Crippen LogP) is 9.03. The van der Waals surface area contributed by atoms with Crippen molar-refractivity contribution in [2.75, 3.05) is 0 Å². The molecule has 0 spiro atoms. The van der Waals surface area contributed by atoms with Crippen LogP contribution < -0.4 is 0 Å². The predicted molar refractivity (Wildman–Crippen MR) is 156 cm³/mol. The number of hydrogen-bond donors (Lipinski definition) is 0. The SMILES string of the molecule is c1cnc2c(c1)ccc1ccc(-c3ccc(-c4c5ccccc5nc5sc6ccccc6c45)cc3)nc12. The van der Waals surface area contributed by atoms with Gasteiger partial charge in [0.05, 0.1) is 22.2 Å². The standard InChI is InChI=1S/C33H19N3S/c1-3-9-27-24(7-1)29(30-25-8-2-4-10-28(25)37-33(30)36-27)21-13-11-20(12-14-21)26-18-17-23-16-15-22-6-5-19-34-31(22)32(23)35-26/h1-19H. The van der Waals surface area contributed by atoms with Crippen molar-refractivity contribution >= 4 is 64.3 Å². The van der Waals surface area contributed by atoms with Crippen LogP contribution in [-0.4, -0.2) is 15.0 Å². The van der Waals surface area contributed by atoms with E-state index in [4.69, 9.17) is 9.97 Å². The molecule has 0 amide bonds. The Kier molecular flexibility index (Phi) is 4.39. The van der Waals surface area contributed by atoms with Crippen molar-refractivity contribution in [2.24, 2.45) is 0 Å². The Bertz CT molecular complexity index is 2140. The zero-order valence-corrected chi connectivity index (χ0v) is 20.5. The van der Waals surface area contributed by atoms with Gasteiger partial charge in [0, 0.05) is 49.0 Å². The van der Waals surface area contributed by atoms with Gasteiger partial charge in [0.2, 0.25) is 0 Å². The molecule has 0 fully saturated rings. The first-order valence-electron chi connectivity index (χ1n) is 12.3. The fourth-order valence-corrected chi connectivity index (χ4v) is 6.46. The maximum atomic E-state index is 5.04. The first-order valence-corrected chi connectivity index (χ1v) is 13.1. The van der Waals surface area contributed by atoms with E-state index in [9.17, 15) is 0 Å². The lowest BCUT2D eigenvalue weighted by molar-refractivity contribution is 1.37. The van der Waals surface area contributed by atoms with Gasteiger partial charge >= 0.3 is 0 Å². The topological polar surface area (TPSA) is 38.7 Å². The summed E-state index contributed by atoms with van der Waals surface area (Å²) in [6, 6.07) is 38.3. The molecule has 0 aliphatic carbocycles. The zero-order valence-electron chi connectivity index (χ0n) is 19.7. The van der Waals surface area contributed by atoms with Gasteiger partial charge in [0.25, 0.3) is 0 Å². The monoisotopic (exact) mass is 489 g/mol. The van der Waals surface area contributed by atoms with Crippen molar-refractivity contribution in [1.82, 2.24) is 15.0 Å². The highest BCUT2D eigenvalue weighted by Crippen LogP contribution is 2.43. The van der Waals surface area contributed by atoms with Gasteiger partial charge < -0.3 is 0 Å². The van der Waals surface area contributed by atoms with E-state index in [0.29, 0.717) is 0 Å². The van der Waals surface area contributed by atoms with E-state index < -0.39 is 0 Å². The smallest absolute Gasteiger partial charge is 0.125 e. The maximum absolute atomic E-state index is 5.04. The normalized spacial score (nSPS) is 11.8. The molecular weight excluding hydrogens is 470 g/mol. The summed E-state index contributed by atoms with van der Waals surface area (Å²) in [7, 11) is 0. The fourth-order valence-electron chi connectivity index (χ4n) is 5.37. The van der Waals surface area contributed by atoms with Crippen molar-refractivity contribution in [2.45, 2.75) is 0 Å². The van der Waals surface area contributed by atoms with E-state index in [1.165, 1.54) is 32.0 Å². The molecule has 37 heavy (non-hydrogen) atoms. The molecule has 0 saturated carbocycles. The Morgan fingerprint density at radius 3 is 2.16 bits per heavy atom. The van der Waals surface area contributed by atoms with Crippen LogP contribution in [-0.2, 0) is 0 Å². The minimum absolute atomic E-state index is 0.936. The van der Waals surface area contributed by atoms with E-state index in [1.807, 2.05) is 12.3 Å². The third kappa shape index (κ3) is 3.16. The average molecular weight is 490 g/mol. The van der Waals surface area contributed by atoms with Crippen molar-refractivity contribution in [3.8, 4) is 22.4 Å². The van der Waals surface area contributed by atoms with Gasteiger partial charge in [-0.1, -0.05) is 84.9 Å². The Morgan fingerprint density at radius 1 is 0.541 bits per heavy atom. The molecule has 8 aromatic rings. The summed E-state index contributed by atoms with van der Waals surface area (Å²) in [6.45, 7) is 0. The van der Waals surface area contributed by atoms with E-state index >= 15 is 0 Å². The molecule has 4 aromatic carbocycles. The summed E-state index contributed by atoms with van der Waals surface area (Å²) < 4.78 is 1.26. The Labute approximate surface area is 216 Å². The van der Waals surface area contributed by atoms with Crippen molar-refractivity contribution < 1.29 is 0 Å². The Hall–Kier alpha value is -4.67. The van der Waals surface area contributed by atoms with Crippen LogP contribution in [0.5, 0.6) is 0 Å². The van der Waals surface area contributed by atoms with Crippen LogP contribution >= 0.6 is 11.3 Å². The minimum atomic E-state index is 0.936. The molecule has 172 valence electrons. The molecule has 4 aromatic heterocycles. The van der Waals surface area contributed by atoms with Crippen LogP contribution in [0, 0.1) is 0 Å². The van der Waals surface area contributed by atoms with Crippen LogP contribution in [0.1, 0.15) is 0 Å². The molecular formula is C33H19N3S. The fraction of sp³-hybridized carbons (Fsp3) is 0. The lowest BCUT2D eigenvalue weighted by Crippen LogP contribution is -1.90. The highest BCUT2D eigenvalue weighted by Gasteiger charge is 2.16. The zero-order chi connectivity index (χ0) is 24.3. The number of benzene rings is 4. The van der Waals surface area contributed by atoms with Crippen molar-refractivity contribution in [1.29, 1.82) is 0 Å². The number of aromatic nitrogens is 3. The largest absolute Gasteiger partial charge is 0.254 e. The third-order valence-corrected chi connectivity index (χ3v) is 8.19. The number of hydrogen-bond acceptors (Lipinski definition) is 4. The molecule has 4 heterocycles. The van der Waals surface area contributed by atoms with Crippen LogP contribution in [0.3, 0.4) is 0 Å². The van der Waals surface area contributed by atoms with Crippen molar-refractivity contribution in [3.05, 3.63) is 115 Å². The lowest BCUT2D eigenvalue weighted by atomic mass is 9.95. The quantitative estimate of drug-likeness (QED) is 0.227. The average Bonchev–Trinajstić information content (AvgIpc) is 3.33. The Balaban J connectivity index is 1.33. The molecule has 8 rings (SSSR count). The Morgan fingerprint density at radius 2 is 1.27 bits per heavy atom. The van der Waals surface area contributed by atoms with Crippen molar-refractivity contribution in [3.63, 3.8) is 0 Å². The molecule has 0 bridgehead atoms. The van der Waals surface area contributed by atoms with Gasteiger partial charge in [-0.15, -0.1) is 11.3 Å². The number of rotatable bonds is 2. The maximum Gasteiger partial charge on any atom is 0.125 e. The molecule has 4 heteroatoms. The first kappa shape index (κ1) is 20.5. The minimum Gasteiger partial charge on any atom is -0.254 e. The van der Waals surface area contributed by atoms with Crippen LogP contribution in [0.15, 0.2) is 115 Å². The van der Waals surface area contributed by atoms with Gasteiger partial charge in [-0.2, -0.15) is 0 Å². The van der Waals surface area contributed by atoms with Crippen LogP contribution in [0.4, 0.5) is 0 Å². The van der Waals surface area contributed by atoms with E-state index in [-0.39, 0.29) is 0 Å². The molecule has 0 radical (unpaired) electrons. The molecule has 0 saturated heterocycles. The molecule has 0 aliphatic rings. The second-order valence-corrected chi connectivity index (χ2v) is 10.3. The second-order valence-electron chi connectivity index (χ2n) is 9.27. The van der Waals surface area contributed by atoms with Crippen LogP contribution in [0.25, 0.3) is 75.4 Å². The number of nitrogens with zero attached hydrogens (tertiary/aromatic N) is 3. The summed E-state index contributed by atoms with van der Waals surface area (Å²) in [4.78, 5) is 15.7.